The van der Waals surface area contributed by atoms with Crippen LogP contribution in [0, 0.1) is 0 Å². The zero-order chi connectivity index (χ0) is 15.5. The molecule has 0 bridgehead atoms. The standard InChI is InChI=1S/C15H22O5S/c1-3-21-13-7-4-6-12(14(13)15(16)17)20-11-10-19-9-5-8-18-2/h4,6-7H,3,5,8-11H2,1-2H3,(H,16,17). The fourth-order valence-corrected chi connectivity index (χ4v) is 2.55. The third-order valence-corrected chi connectivity index (χ3v) is 3.56. The van der Waals surface area contributed by atoms with E-state index in [1.807, 2.05) is 6.92 Å². The molecule has 1 N–H and O–H groups in total. The van der Waals surface area contributed by atoms with Gasteiger partial charge in [0, 0.05) is 25.2 Å². The highest BCUT2D eigenvalue weighted by atomic mass is 32.2. The van der Waals surface area contributed by atoms with Crippen LogP contribution >= 0.6 is 11.8 Å². The molecule has 6 heteroatoms. The largest absolute Gasteiger partial charge is 0.490 e. The number of rotatable bonds is 11. The van der Waals surface area contributed by atoms with Crippen LogP contribution in [0.5, 0.6) is 5.75 Å². The molecule has 5 nitrogen and oxygen atoms in total. The summed E-state index contributed by atoms with van der Waals surface area (Å²) in [5.74, 6) is 0.232. The molecule has 21 heavy (non-hydrogen) atoms. The van der Waals surface area contributed by atoms with Crippen molar-refractivity contribution >= 4 is 17.7 Å². The molecule has 0 aliphatic carbocycles. The second-order valence-electron chi connectivity index (χ2n) is 4.17. The Morgan fingerprint density at radius 2 is 2.05 bits per heavy atom. The number of carboxylic acids is 1. The van der Waals surface area contributed by atoms with E-state index in [4.69, 9.17) is 14.2 Å². The Hall–Kier alpha value is -1.24. The molecular weight excluding hydrogens is 292 g/mol. The summed E-state index contributed by atoms with van der Waals surface area (Å²) >= 11 is 1.49. The van der Waals surface area contributed by atoms with E-state index in [0.29, 0.717) is 32.2 Å². The molecule has 0 atom stereocenters. The first-order chi connectivity index (χ1) is 10.2. The fourth-order valence-electron chi connectivity index (χ4n) is 1.74. The van der Waals surface area contributed by atoms with Gasteiger partial charge in [0.05, 0.1) is 6.61 Å². The third-order valence-electron chi connectivity index (χ3n) is 2.62. The quantitative estimate of drug-likeness (QED) is 0.500. The summed E-state index contributed by atoms with van der Waals surface area (Å²) < 4.78 is 15.8. The van der Waals surface area contributed by atoms with Crippen LogP contribution < -0.4 is 4.74 Å². The maximum absolute atomic E-state index is 11.4. The molecule has 0 radical (unpaired) electrons. The average Bonchev–Trinajstić information content (AvgIpc) is 2.46. The monoisotopic (exact) mass is 314 g/mol. The molecule has 0 saturated heterocycles. The molecule has 1 aromatic rings. The fraction of sp³-hybridized carbons (Fsp3) is 0.533. The Morgan fingerprint density at radius 1 is 1.24 bits per heavy atom. The Bertz CT molecular complexity index is 436. The molecule has 118 valence electrons. The van der Waals surface area contributed by atoms with Crippen molar-refractivity contribution in [1.29, 1.82) is 0 Å². The number of hydrogen-bond donors (Lipinski definition) is 1. The Morgan fingerprint density at radius 3 is 2.71 bits per heavy atom. The van der Waals surface area contributed by atoms with Gasteiger partial charge in [0.1, 0.15) is 17.9 Å². The Labute approximate surface area is 129 Å². The van der Waals surface area contributed by atoms with E-state index in [0.717, 1.165) is 17.1 Å². The Kier molecular flexibility index (Phi) is 8.89. The van der Waals surface area contributed by atoms with Gasteiger partial charge in [-0.3, -0.25) is 0 Å². The normalized spacial score (nSPS) is 10.6. The van der Waals surface area contributed by atoms with Crippen LogP contribution in [0.3, 0.4) is 0 Å². The zero-order valence-corrected chi connectivity index (χ0v) is 13.3. The lowest BCUT2D eigenvalue weighted by molar-refractivity contribution is 0.0672. The number of aromatic carboxylic acids is 1. The van der Waals surface area contributed by atoms with Crippen LogP contribution in [0.25, 0.3) is 0 Å². The second-order valence-corrected chi connectivity index (χ2v) is 5.48. The summed E-state index contributed by atoms with van der Waals surface area (Å²) in [7, 11) is 1.65. The van der Waals surface area contributed by atoms with Gasteiger partial charge in [0.25, 0.3) is 0 Å². The highest BCUT2D eigenvalue weighted by Gasteiger charge is 2.16. The van der Waals surface area contributed by atoms with Crippen molar-refractivity contribution in [3.63, 3.8) is 0 Å². The third kappa shape index (κ3) is 6.37. The minimum absolute atomic E-state index is 0.226. The maximum atomic E-state index is 11.4. The van der Waals surface area contributed by atoms with Gasteiger partial charge < -0.3 is 19.3 Å². The van der Waals surface area contributed by atoms with E-state index in [2.05, 4.69) is 0 Å². The molecule has 0 amide bonds. The smallest absolute Gasteiger partial charge is 0.340 e. The van der Waals surface area contributed by atoms with E-state index < -0.39 is 5.97 Å². The number of methoxy groups -OCH3 is 1. The van der Waals surface area contributed by atoms with E-state index in [-0.39, 0.29) is 5.56 Å². The van der Waals surface area contributed by atoms with E-state index in [1.165, 1.54) is 11.8 Å². The SMILES string of the molecule is CCSc1cccc(OCCOCCCOC)c1C(=O)O. The summed E-state index contributed by atoms with van der Waals surface area (Å²) in [5.41, 5.74) is 0.226. The number of carbonyl (C=O) groups is 1. The second kappa shape index (κ2) is 10.5. The summed E-state index contributed by atoms with van der Waals surface area (Å²) in [6.07, 6.45) is 0.833. The molecule has 0 aromatic heterocycles. The molecule has 0 saturated carbocycles. The summed E-state index contributed by atoms with van der Waals surface area (Å²) in [6, 6.07) is 5.28. The average molecular weight is 314 g/mol. The van der Waals surface area contributed by atoms with Crippen molar-refractivity contribution in [2.75, 3.05) is 39.3 Å². The number of benzene rings is 1. The highest BCUT2D eigenvalue weighted by Crippen LogP contribution is 2.30. The van der Waals surface area contributed by atoms with Gasteiger partial charge in [-0.2, -0.15) is 0 Å². The van der Waals surface area contributed by atoms with Crippen molar-refractivity contribution in [3.05, 3.63) is 23.8 Å². The van der Waals surface area contributed by atoms with Gasteiger partial charge in [-0.05, 0) is 24.3 Å². The van der Waals surface area contributed by atoms with Gasteiger partial charge in [0.15, 0.2) is 0 Å². The van der Waals surface area contributed by atoms with Crippen molar-refractivity contribution in [1.82, 2.24) is 0 Å². The molecule has 0 aliphatic heterocycles. The predicted octanol–water partition coefficient (Wildman–Crippen LogP) is 2.93. The van der Waals surface area contributed by atoms with Crippen molar-refractivity contribution in [2.45, 2.75) is 18.2 Å². The summed E-state index contributed by atoms with van der Waals surface area (Å²) in [5, 5.41) is 9.33. The predicted molar refractivity (Wildman–Crippen MR) is 82.6 cm³/mol. The van der Waals surface area contributed by atoms with Crippen molar-refractivity contribution in [3.8, 4) is 5.75 Å². The molecule has 1 aromatic carbocycles. The number of hydrogen-bond acceptors (Lipinski definition) is 5. The zero-order valence-electron chi connectivity index (χ0n) is 12.5. The minimum Gasteiger partial charge on any atom is -0.490 e. The van der Waals surface area contributed by atoms with E-state index in [1.54, 1.807) is 25.3 Å². The summed E-state index contributed by atoms with van der Waals surface area (Å²) in [6.45, 7) is 4.01. The van der Waals surface area contributed by atoms with Crippen molar-refractivity contribution in [2.24, 2.45) is 0 Å². The molecule has 0 unspecified atom stereocenters. The van der Waals surface area contributed by atoms with Crippen LogP contribution in [0.15, 0.2) is 23.1 Å². The molecule has 0 aliphatic rings. The number of thioether (sulfide) groups is 1. The van der Waals surface area contributed by atoms with Crippen LogP contribution in [0.1, 0.15) is 23.7 Å². The first-order valence-electron chi connectivity index (χ1n) is 6.89. The topological polar surface area (TPSA) is 65.0 Å². The van der Waals surface area contributed by atoms with Gasteiger partial charge in [-0.15, -0.1) is 11.8 Å². The highest BCUT2D eigenvalue weighted by molar-refractivity contribution is 7.99. The maximum Gasteiger partial charge on any atom is 0.340 e. The van der Waals surface area contributed by atoms with Crippen LogP contribution in [0.4, 0.5) is 0 Å². The van der Waals surface area contributed by atoms with Gasteiger partial charge in [0.2, 0.25) is 0 Å². The van der Waals surface area contributed by atoms with Gasteiger partial charge in [-0.25, -0.2) is 4.79 Å². The van der Waals surface area contributed by atoms with Crippen LogP contribution in [0.2, 0.25) is 0 Å². The lowest BCUT2D eigenvalue weighted by atomic mass is 10.2. The van der Waals surface area contributed by atoms with E-state index in [9.17, 15) is 9.90 Å². The first-order valence-corrected chi connectivity index (χ1v) is 7.87. The molecular formula is C15H22O5S. The molecule has 0 fully saturated rings. The van der Waals surface area contributed by atoms with Crippen LogP contribution in [-0.2, 0) is 9.47 Å². The number of ether oxygens (including phenoxy) is 3. The minimum atomic E-state index is -0.970. The lowest BCUT2D eigenvalue weighted by Crippen LogP contribution is -2.11. The van der Waals surface area contributed by atoms with E-state index >= 15 is 0 Å². The Balaban J connectivity index is 2.50. The van der Waals surface area contributed by atoms with Gasteiger partial charge in [-0.1, -0.05) is 13.0 Å². The lowest BCUT2D eigenvalue weighted by Gasteiger charge is -2.12. The van der Waals surface area contributed by atoms with Gasteiger partial charge >= 0.3 is 5.97 Å². The van der Waals surface area contributed by atoms with Crippen molar-refractivity contribution < 1.29 is 24.1 Å². The molecule has 0 heterocycles. The molecule has 0 spiro atoms. The molecule has 1 rings (SSSR count). The van der Waals surface area contributed by atoms with Crippen LogP contribution in [-0.4, -0.2) is 50.4 Å². The summed E-state index contributed by atoms with van der Waals surface area (Å²) in [4.78, 5) is 12.1. The number of carboxylic acid groups (broad SMARTS) is 1. The first kappa shape index (κ1) is 17.8.